The van der Waals surface area contributed by atoms with Crippen molar-refractivity contribution in [2.45, 2.75) is 6.42 Å². The Hall–Kier alpha value is -1.72. The summed E-state index contributed by atoms with van der Waals surface area (Å²) in [5, 5.41) is 3.31. The summed E-state index contributed by atoms with van der Waals surface area (Å²) in [6, 6.07) is 5.43. The molecular weight excluding hydrogens is 242 g/mol. The number of carbonyl (C=O) groups is 1. The Balaban J connectivity index is 1.62. The van der Waals surface area contributed by atoms with Crippen LogP contribution in [0, 0.1) is 0 Å². The maximum absolute atomic E-state index is 12.1. The Morgan fingerprint density at radius 1 is 1.37 bits per heavy atom. The van der Waals surface area contributed by atoms with Gasteiger partial charge < -0.3 is 14.6 Å². The van der Waals surface area contributed by atoms with Crippen molar-refractivity contribution in [1.82, 2.24) is 15.2 Å². The number of hydrogen-bond acceptors (Lipinski definition) is 5. The molecule has 0 amide bonds. The number of nitrogens with one attached hydrogen (secondary N) is 1. The maximum atomic E-state index is 12.1. The SMILES string of the molecule is O=C(CCN1CCNCC1)c1ccc2ncoc2c1. The molecule has 5 heteroatoms. The molecule has 0 unspecified atom stereocenters. The lowest BCUT2D eigenvalue weighted by Crippen LogP contribution is -2.44. The molecule has 1 aliphatic heterocycles. The van der Waals surface area contributed by atoms with E-state index in [4.69, 9.17) is 4.42 Å². The summed E-state index contributed by atoms with van der Waals surface area (Å²) in [4.78, 5) is 18.5. The normalized spacial score (nSPS) is 16.8. The van der Waals surface area contributed by atoms with E-state index >= 15 is 0 Å². The van der Waals surface area contributed by atoms with Gasteiger partial charge in [-0.3, -0.25) is 4.79 Å². The highest BCUT2D eigenvalue weighted by molar-refractivity contribution is 5.98. The summed E-state index contributed by atoms with van der Waals surface area (Å²) >= 11 is 0. The molecule has 0 bridgehead atoms. The fourth-order valence-electron chi connectivity index (χ4n) is 2.37. The topological polar surface area (TPSA) is 58.4 Å². The lowest BCUT2D eigenvalue weighted by Gasteiger charge is -2.26. The van der Waals surface area contributed by atoms with Crippen LogP contribution >= 0.6 is 0 Å². The van der Waals surface area contributed by atoms with E-state index < -0.39 is 0 Å². The summed E-state index contributed by atoms with van der Waals surface area (Å²) in [5.74, 6) is 0.164. The molecule has 2 heterocycles. The standard InChI is InChI=1S/C14H17N3O2/c18-13(3-6-17-7-4-15-5-8-17)11-1-2-12-14(9-11)19-10-16-12/h1-2,9-10,15H,3-8H2. The van der Waals surface area contributed by atoms with Gasteiger partial charge in [-0.1, -0.05) is 0 Å². The fraction of sp³-hybridized carbons (Fsp3) is 0.429. The molecule has 1 aliphatic rings. The van der Waals surface area contributed by atoms with Crippen LogP contribution in [0.15, 0.2) is 29.0 Å². The zero-order chi connectivity index (χ0) is 13.1. The summed E-state index contributed by atoms with van der Waals surface area (Å²) in [5.41, 5.74) is 2.17. The number of oxazole rings is 1. The second kappa shape index (κ2) is 5.50. The van der Waals surface area contributed by atoms with E-state index in [0.29, 0.717) is 17.6 Å². The third-order valence-electron chi connectivity index (χ3n) is 3.52. The van der Waals surface area contributed by atoms with E-state index in [1.807, 2.05) is 12.1 Å². The van der Waals surface area contributed by atoms with Gasteiger partial charge in [-0.25, -0.2) is 4.98 Å². The summed E-state index contributed by atoms with van der Waals surface area (Å²) in [7, 11) is 0. The highest BCUT2D eigenvalue weighted by atomic mass is 16.3. The van der Waals surface area contributed by atoms with Crippen molar-refractivity contribution in [3.05, 3.63) is 30.2 Å². The van der Waals surface area contributed by atoms with E-state index in [0.717, 1.165) is 38.2 Å². The van der Waals surface area contributed by atoms with Crippen LogP contribution in [0.3, 0.4) is 0 Å². The fourth-order valence-corrected chi connectivity index (χ4v) is 2.37. The van der Waals surface area contributed by atoms with Gasteiger partial charge in [0.05, 0.1) is 0 Å². The van der Waals surface area contributed by atoms with Crippen LogP contribution in [0.4, 0.5) is 0 Å². The Labute approximate surface area is 111 Å². The molecule has 1 fully saturated rings. The Morgan fingerprint density at radius 2 is 2.21 bits per heavy atom. The van der Waals surface area contributed by atoms with Gasteiger partial charge in [0.1, 0.15) is 5.52 Å². The van der Waals surface area contributed by atoms with Crippen molar-refractivity contribution in [3.63, 3.8) is 0 Å². The van der Waals surface area contributed by atoms with Crippen molar-refractivity contribution in [1.29, 1.82) is 0 Å². The number of aromatic nitrogens is 1. The Kier molecular flexibility index (Phi) is 3.57. The summed E-state index contributed by atoms with van der Waals surface area (Å²) in [6.45, 7) is 4.90. The number of rotatable bonds is 4. The van der Waals surface area contributed by atoms with E-state index in [1.54, 1.807) is 6.07 Å². The average Bonchev–Trinajstić information content (AvgIpc) is 2.93. The van der Waals surface area contributed by atoms with Gasteiger partial charge >= 0.3 is 0 Å². The number of Topliss-reactive ketones (excluding diaryl/α,β-unsaturated/α-hetero) is 1. The minimum Gasteiger partial charge on any atom is -0.443 e. The molecule has 0 spiro atoms. The van der Waals surface area contributed by atoms with Crippen molar-refractivity contribution >= 4 is 16.9 Å². The first-order valence-electron chi connectivity index (χ1n) is 6.62. The van der Waals surface area contributed by atoms with Crippen LogP contribution in [0.5, 0.6) is 0 Å². The molecule has 1 aromatic heterocycles. The third-order valence-corrected chi connectivity index (χ3v) is 3.52. The van der Waals surface area contributed by atoms with Crippen molar-refractivity contribution in [2.24, 2.45) is 0 Å². The molecule has 0 aliphatic carbocycles. The van der Waals surface area contributed by atoms with Gasteiger partial charge in [-0.05, 0) is 18.2 Å². The largest absolute Gasteiger partial charge is 0.443 e. The average molecular weight is 259 g/mol. The van der Waals surface area contributed by atoms with Gasteiger partial charge in [-0.15, -0.1) is 0 Å². The van der Waals surface area contributed by atoms with Crippen LogP contribution in [0.1, 0.15) is 16.8 Å². The number of carbonyl (C=O) groups excluding carboxylic acids is 1. The monoisotopic (exact) mass is 259 g/mol. The summed E-state index contributed by atoms with van der Waals surface area (Å²) in [6.07, 6.45) is 1.96. The highest BCUT2D eigenvalue weighted by Crippen LogP contribution is 2.15. The molecule has 100 valence electrons. The van der Waals surface area contributed by atoms with Crippen molar-refractivity contribution in [2.75, 3.05) is 32.7 Å². The number of ketones is 1. The third kappa shape index (κ3) is 2.83. The minimum atomic E-state index is 0.164. The number of piperazine rings is 1. The van der Waals surface area contributed by atoms with Crippen LogP contribution in [-0.2, 0) is 0 Å². The van der Waals surface area contributed by atoms with Crippen LogP contribution in [0.25, 0.3) is 11.1 Å². The molecule has 1 aromatic carbocycles. The second-order valence-corrected chi connectivity index (χ2v) is 4.80. The molecule has 0 atom stereocenters. The van der Waals surface area contributed by atoms with Crippen molar-refractivity contribution < 1.29 is 9.21 Å². The predicted octanol–water partition coefficient (Wildman–Crippen LogP) is 1.31. The first-order valence-corrected chi connectivity index (χ1v) is 6.62. The molecule has 2 aromatic rings. The molecule has 3 rings (SSSR count). The Morgan fingerprint density at radius 3 is 3.05 bits per heavy atom. The first kappa shape index (κ1) is 12.3. The molecule has 19 heavy (non-hydrogen) atoms. The lowest BCUT2D eigenvalue weighted by molar-refractivity contribution is 0.0960. The molecule has 0 radical (unpaired) electrons. The predicted molar refractivity (Wildman–Crippen MR) is 72.3 cm³/mol. The van der Waals surface area contributed by atoms with E-state index in [2.05, 4.69) is 15.2 Å². The van der Waals surface area contributed by atoms with Gasteiger partial charge in [-0.2, -0.15) is 0 Å². The quantitative estimate of drug-likeness (QED) is 0.839. The lowest BCUT2D eigenvalue weighted by atomic mass is 10.1. The zero-order valence-electron chi connectivity index (χ0n) is 10.8. The van der Waals surface area contributed by atoms with E-state index in [9.17, 15) is 4.79 Å². The van der Waals surface area contributed by atoms with E-state index in [-0.39, 0.29) is 5.78 Å². The van der Waals surface area contributed by atoms with Gasteiger partial charge in [0.15, 0.2) is 17.8 Å². The maximum Gasteiger partial charge on any atom is 0.181 e. The zero-order valence-corrected chi connectivity index (χ0v) is 10.8. The smallest absolute Gasteiger partial charge is 0.181 e. The number of nitrogens with zero attached hydrogens (tertiary/aromatic N) is 2. The minimum absolute atomic E-state index is 0.164. The number of benzene rings is 1. The number of hydrogen-bond donors (Lipinski definition) is 1. The molecule has 0 saturated carbocycles. The van der Waals surface area contributed by atoms with Crippen LogP contribution in [0.2, 0.25) is 0 Å². The van der Waals surface area contributed by atoms with Gasteiger partial charge in [0.2, 0.25) is 0 Å². The molecule has 1 N–H and O–H groups in total. The first-order chi connectivity index (χ1) is 9.33. The molecule has 1 saturated heterocycles. The van der Waals surface area contributed by atoms with Crippen LogP contribution in [-0.4, -0.2) is 48.4 Å². The Bertz CT molecular complexity index is 573. The van der Waals surface area contributed by atoms with E-state index in [1.165, 1.54) is 6.39 Å². The van der Waals surface area contributed by atoms with Crippen LogP contribution < -0.4 is 5.32 Å². The van der Waals surface area contributed by atoms with Gasteiger partial charge in [0, 0.05) is 44.7 Å². The highest BCUT2D eigenvalue weighted by Gasteiger charge is 2.13. The second-order valence-electron chi connectivity index (χ2n) is 4.80. The summed E-state index contributed by atoms with van der Waals surface area (Å²) < 4.78 is 5.22. The van der Waals surface area contributed by atoms with Gasteiger partial charge in [0.25, 0.3) is 0 Å². The molecular formula is C14H17N3O2. The molecule has 5 nitrogen and oxygen atoms in total. The number of fused-ring (bicyclic) bond motifs is 1. The van der Waals surface area contributed by atoms with Crippen molar-refractivity contribution in [3.8, 4) is 0 Å².